The molecule has 9 heteroatoms. The molecule has 0 bridgehead atoms. The van der Waals surface area contributed by atoms with Gasteiger partial charge in [0.1, 0.15) is 6.54 Å². The minimum Gasteiger partial charge on any atom is -0.355 e. The topological polar surface area (TPSA) is 95.7 Å². The third-order valence-corrected chi connectivity index (χ3v) is 4.69. The van der Waals surface area contributed by atoms with Gasteiger partial charge in [-0.3, -0.25) is 14.4 Å². The second-order valence-electron chi connectivity index (χ2n) is 5.33. The van der Waals surface area contributed by atoms with Crippen LogP contribution < -0.4 is 11.1 Å². The van der Waals surface area contributed by atoms with Gasteiger partial charge < -0.3 is 20.9 Å². The van der Waals surface area contributed by atoms with Crippen molar-refractivity contribution in [2.75, 3.05) is 44.4 Å². The zero-order chi connectivity index (χ0) is 15.2. The SMILES string of the molecule is Cl.NCCNC(=O)C1CCCN(C(=O)CN2CSCC2=O)C1. The normalized spacial score (nSPS) is 21.5. The lowest BCUT2D eigenvalue weighted by atomic mass is 9.97. The summed E-state index contributed by atoms with van der Waals surface area (Å²) >= 11 is 1.52. The molecule has 1 unspecified atom stereocenters. The molecule has 0 saturated carbocycles. The predicted octanol–water partition coefficient (Wildman–Crippen LogP) is -0.745. The lowest BCUT2D eigenvalue weighted by Gasteiger charge is -2.33. The van der Waals surface area contributed by atoms with E-state index in [9.17, 15) is 14.4 Å². The van der Waals surface area contributed by atoms with Crippen molar-refractivity contribution in [2.24, 2.45) is 11.7 Å². The van der Waals surface area contributed by atoms with Crippen molar-refractivity contribution < 1.29 is 14.4 Å². The van der Waals surface area contributed by atoms with Crippen molar-refractivity contribution in [3.63, 3.8) is 0 Å². The molecule has 2 heterocycles. The number of hydrogen-bond acceptors (Lipinski definition) is 5. The van der Waals surface area contributed by atoms with Crippen LogP contribution in [0, 0.1) is 5.92 Å². The summed E-state index contributed by atoms with van der Waals surface area (Å²) in [7, 11) is 0. The number of thioether (sulfide) groups is 1. The molecule has 3 amide bonds. The van der Waals surface area contributed by atoms with Crippen molar-refractivity contribution in [1.29, 1.82) is 0 Å². The number of carbonyl (C=O) groups is 3. The maximum Gasteiger partial charge on any atom is 0.242 e. The van der Waals surface area contributed by atoms with E-state index in [2.05, 4.69) is 5.32 Å². The molecular formula is C13H23ClN4O3S. The highest BCUT2D eigenvalue weighted by Gasteiger charge is 2.30. The monoisotopic (exact) mass is 350 g/mol. The zero-order valence-corrected chi connectivity index (χ0v) is 14.1. The third kappa shape index (κ3) is 5.03. The van der Waals surface area contributed by atoms with Crippen LogP contribution in [0.1, 0.15) is 12.8 Å². The smallest absolute Gasteiger partial charge is 0.242 e. The number of hydrogen-bond donors (Lipinski definition) is 2. The molecule has 1 atom stereocenters. The van der Waals surface area contributed by atoms with E-state index < -0.39 is 0 Å². The fourth-order valence-corrected chi connectivity index (χ4v) is 3.47. The number of likely N-dealkylation sites (tertiary alicyclic amines) is 1. The minimum atomic E-state index is -0.169. The second-order valence-corrected chi connectivity index (χ2v) is 6.28. The first-order chi connectivity index (χ1) is 10.1. The first-order valence-corrected chi connectivity index (χ1v) is 8.38. The Bertz CT molecular complexity index is 424. The van der Waals surface area contributed by atoms with Gasteiger partial charge in [0.15, 0.2) is 0 Å². The molecule has 2 fully saturated rings. The van der Waals surface area contributed by atoms with Gasteiger partial charge in [-0.1, -0.05) is 0 Å². The number of carbonyl (C=O) groups excluding carboxylic acids is 3. The van der Waals surface area contributed by atoms with Crippen molar-refractivity contribution in [1.82, 2.24) is 15.1 Å². The molecule has 2 aliphatic heterocycles. The van der Waals surface area contributed by atoms with Crippen molar-refractivity contribution in [3.8, 4) is 0 Å². The Labute approximate surface area is 140 Å². The Hall–Kier alpha value is -0.990. The van der Waals surface area contributed by atoms with Crippen LogP contribution in [-0.4, -0.2) is 71.9 Å². The average molecular weight is 351 g/mol. The fraction of sp³-hybridized carbons (Fsp3) is 0.769. The lowest BCUT2D eigenvalue weighted by molar-refractivity contribution is -0.140. The largest absolute Gasteiger partial charge is 0.355 e. The molecule has 2 rings (SSSR count). The van der Waals surface area contributed by atoms with Crippen molar-refractivity contribution >= 4 is 41.9 Å². The van der Waals surface area contributed by atoms with Gasteiger partial charge in [0, 0.05) is 26.2 Å². The lowest BCUT2D eigenvalue weighted by Crippen LogP contribution is -2.49. The molecule has 0 spiro atoms. The molecule has 2 saturated heterocycles. The summed E-state index contributed by atoms with van der Waals surface area (Å²) in [5, 5.41) is 2.77. The molecule has 2 aliphatic rings. The maximum absolute atomic E-state index is 12.3. The van der Waals surface area contributed by atoms with Crippen molar-refractivity contribution in [3.05, 3.63) is 0 Å². The van der Waals surface area contributed by atoms with Gasteiger partial charge in [-0.2, -0.15) is 0 Å². The number of halogens is 1. The Morgan fingerprint density at radius 2 is 2.18 bits per heavy atom. The first kappa shape index (κ1) is 19.1. The molecular weight excluding hydrogens is 328 g/mol. The molecule has 7 nitrogen and oxygen atoms in total. The van der Waals surface area contributed by atoms with Crippen LogP contribution in [0.4, 0.5) is 0 Å². The molecule has 22 heavy (non-hydrogen) atoms. The molecule has 0 aromatic rings. The number of nitrogens with two attached hydrogens (primary N) is 1. The predicted molar refractivity (Wildman–Crippen MR) is 87.7 cm³/mol. The van der Waals surface area contributed by atoms with Crippen LogP contribution in [0.15, 0.2) is 0 Å². The van der Waals surface area contributed by atoms with Gasteiger partial charge in [0.2, 0.25) is 17.7 Å². The summed E-state index contributed by atoms with van der Waals surface area (Å²) < 4.78 is 0. The molecule has 0 aromatic heterocycles. The standard InChI is InChI=1S/C13H22N4O3S.ClH/c14-3-4-15-13(20)10-2-1-5-16(6-10)11(18)7-17-9-21-8-12(17)19;/h10H,1-9,14H2,(H,15,20);1H. The number of nitrogens with one attached hydrogen (secondary N) is 1. The highest BCUT2D eigenvalue weighted by atomic mass is 35.5. The summed E-state index contributed by atoms with van der Waals surface area (Å²) in [4.78, 5) is 39.0. The highest BCUT2D eigenvalue weighted by molar-refractivity contribution is 8.00. The summed E-state index contributed by atoms with van der Waals surface area (Å²) in [6, 6.07) is 0. The quantitative estimate of drug-likeness (QED) is 0.680. The Morgan fingerprint density at radius 3 is 2.82 bits per heavy atom. The van der Waals surface area contributed by atoms with Crippen LogP contribution in [-0.2, 0) is 14.4 Å². The van der Waals surface area contributed by atoms with Crippen LogP contribution in [0.5, 0.6) is 0 Å². The average Bonchev–Trinajstić information content (AvgIpc) is 2.90. The van der Waals surface area contributed by atoms with E-state index >= 15 is 0 Å². The summed E-state index contributed by atoms with van der Waals surface area (Å²) in [5.74, 6) is 0.782. The maximum atomic E-state index is 12.3. The third-order valence-electron chi connectivity index (χ3n) is 3.74. The number of piperidine rings is 1. The molecule has 3 N–H and O–H groups in total. The number of amides is 3. The van der Waals surface area contributed by atoms with Gasteiger partial charge in [-0.25, -0.2) is 0 Å². The van der Waals surface area contributed by atoms with Crippen LogP contribution >= 0.6 is 24.2 Å². The highest BCUT2D eigenvalue weighted by Crippen LogP contribution is 2.19. The van der Waals surface area contributed by atoms with Crippen LogP contribution in [0.3, 0.4) is 0 Å². The van der Waals surface area contributed by atoms with E-state index in [1.165, 1.54) is 11.8 Å². The van der Waals surface area contributed by atoms with Crippen LogP contribution in [0.2, 0.25) is 0 Å². The van der Waals surface area contributed by atoms with Gasteiger partial charge in [-0.05, 0) is 12.8 Å². The van der Waals surface area contributed by atoms with Gasteiger partial charge in [-0.15, -0.1) is 24.2 Å². The molecule has 0 aromatic carbocycles. The Kier molecular flexibility index (Phi) is 7.98. The van der Waals surface area contributed by atoms with Crippen LogP contribution in [0.25, 0.3) is 0 Å². The number of rotatable bonds is 5. The van der Waals surface area contributed by atoms with E-state index in [1.807, 2.05) is 0 Å². The zero-order valence-electron chi connectivity index (χ0n) is 12.5. The van der Waals surface area contributed by atoms with E-state index in [-0.39, 0.29) is 42.6 Å². The molecule has 0 aliphatic carbocycles. The van der Waals surface area contributed by atoms with E-state index in [0.717, 1.165) is 12.8 Å². The fourth-order valence-electron chi connectivity index (χ4n) is 2.56. The minimum absolute atomic E-state index is 0. The van der Waals surface area contributed by atoms with Crippen molar-refractivity contribution in [2.45, 2.75) is 12.8 Å². The second kappa shape index (κ2) is 9.22. The summed E-state index contributed by atoms with van der Waals surface area (Å²) in [5.41, 5.74) is 5.37. The van der Waals surface area contributed by atoms with E-state index in [1.54, 1.807) is 9.80 Å². The Morgan fingerprint density at radius 1 is 1.41 bits per heavy atom. The molecule has 0 radical (unpaired) electrons. The Balaban J connectivity index is 0.00000242. The van der Waals surface area contributed by atoms with Gasteiger partial charge >= 0.3 is 0 Å². The van der Waals surface area contributed by atoms with Gasteiger partial charge in [0.25, 0.3) is 0 Å². The summed E-state index contributed by atoms with van der Waals surface area (Å²) in [6.45, 7) is 2.10. The first-order valence-electron chi connectivity index (χ1n) is 7.23. The van der Waals surface area contributed by atoms with E-state index in [4.69, 9.17) is 5.73 Å². The van der Waals surface area contributed by atoms with E-state index in [0.29, 0.717) is 37.8 Å². The number of nitrogens with zero attached hydrogens (tertiary/aromatic N) is 2. The summed E-state index contributed by atoms with van der Waals surface area (Å²) in [6.07, 6.45) is 1.60. The molecule has 126 valence electrons. The van der Waals surface area contributed by atoms with Gasteiger partial charge in [0.05, 0.1) is 17.5 Å².